The zero-order valence-corrected chi connectivity index (χ0v) is 12.9. The maximum Gasteiger partial charge on any atom is 0.156 e. The lowest BCUT2D eigenvalue weighted by Gasteiger charge is -2.19. The molecule has 1 rings (SSSR count). The minimum atomic E-state index is 0.407. The normalized spacial score (nSPS) is 12.3. The van der Waals surface area contributed by atoms with Crippen LogP contribution in [0.25, 0.3) is 0 Å². The first-order valence-corrected chi connectivity index (χ1v) is 7.13. The van der Waals surface area contributed by atoms with Crippen LogP contribution in [-0.2, 0) is 0 Å². The number of hydrogen-bond acceptors (Lipinski definition) is 2. The van der Waals surface area contributed by atoms with Crippen molar-refractivity contribution in [2.45, 2.75) is 39.7 Å². The molecule has 0 bridgehead atoms. The van der Waals surface area contributed by atoms with Gasteiger partial charge >= 0.3 is 0 Å². The predicted molar refractivity (Wildman–Crippen MR) is 78.3 cm³/mol. The minimum absolute atomic E-state index is 0.407. The van der Waals surface area contributed by atoms with Crippen LogP contribution in [0.3, 0.4) is 0 Å². The molecule has 0 aliphatic carbocycles. The van der Waals surface area contributed by atoms with Gasteiger partial charge in [0.15, 0.2) is 5.75 Å². The van der Waals surface area contributed by atoms with Crippen molar-refractivity contribution in [2.24, 2.45) is 0 Å². The van der Waals surface area contributed by atoms with Crippen LogP contribution in [0, 0.1) is 0 Å². The molecular weight excluding hydrogens is 302 g/mol. The van der Waals surface area contributed by atoms with Crippen molar-refractivity contribution >= 4 is 33.2 Å². The topological polar surface area (TPSA) is 21.3 Å². The third-order valence-electron chi connectivity index (χ3n) is 2.42. The van der Waals surface area contributed by atoms with Crippen molar-refractivity contribution in [2.75, 3.05) is 11.9 Å². The molecule has 0 radical (unpaired) electrons. The number of ether oxygens (including phenoxy) is 1. The zero-order valence-electron chi connectivity index (χ0n) is 10.5. The fourth-order valence-electron chi connectivity index (χ4n) is 1.73. The molecule has 1 aromatic carbocycles. The molecular formula is C13H19BrClNO. The van der Waals surface area contributed by atoms with Crippen molar-refractivity contribution in [3.05, 3.63) is 21.6 Å². The molecule has 0 saturated carbocycles. The maximum absolute atomic E-state index is 6.06. The molecule has 1 atom stereocenters. The Morgan fingerprint density at radius 3 is 2.71 bits per heavy atom. The summed E-state index contributed by atoms with van der Waals surface area (Å²) in [4.78, 5) is 0. The Balaban J connectivity index is 2.94. The number of benzene rings is 1. The second-order valence-corrected chi connectivity index (χ2v) is 5.32. The van der Waals surface area contributed by atoms with E-state index in [1.54, 1.807) is 0 Å². The van der Waals surface area contributed by atoms with Crippen LogP contribution in [0.2, 0.25) is 5.02 Å². The molecule has 2 nitrogen and oxygen atoms in total. The summed E-state index contributed by atoms with van der Waals surface area (Å²) in [7, 11) is 0. The molecule has 0 saturated heterocycles. The molecule has 1 unspecified atom stereocenters. The van der Waals surface area contributed by atoms with Gasteiger partial charge in [0.2, 0.25) is 0 Å². The number of halogens is 2. The van der Waals surface area contributed by atoms with Gasteiger partial charge in [0, 0.05) is 11.1 Å². The Hall–Kier alpha value is -0.410. The molecule has 0 heterocycles. The zero-order chi connectivity index (χ0) is 12.8. The van der Waals surface area contributed by atoms with E-state index >= 15 is 0 Å². The smallest absolute Gasteiger partial charge is 0.156 e. The molecule has 4 heteroatoms. The molecule has 1 aromatic rings. The third-order valence-corrected chi connectivity index (χ3v) is 3.23. The van der Waals surface area contributed by atoms with Gasteiger partial charge in [-0.05, 0) is 48.3 Å². The Kier molecular flexibility index (Phi) is 6.14. The van der Waals surface area contributed by atoms with Gasteiger partial charge in [-0.25, -0.2) is 0 Å². The fourth-order valence-corrected chi connectivity index (χ4v) is 2.65. The van der Waals surface area contributed by atoms with Gasteiger partial charge in [-0.15, -0.1) is 0 Å². The van der Waals surface area contributed by atoms with E-state index in [1.165, 1.54) is 0 Å². The molecule has 0 aromatic heterocycles. The Labute approximate surface area is 117 Å². The summed E-state index contributed by atoms with van der Waals surface area (Å²) in [6, 6.07) is 4.16. The highest BCUT2D eigenvalue weighted by molar-refractivity contribution is 9.10. The van der Waals surface area contributed by atoms with Gasteiger partial charge in [-0.1, -0.05) is 24.9 Å². The minimum Gasteiger partial charge on any atom is -0.491 e. The summed E-state index contributed by atoms with van der Waals surface area (Å²) in [5.41, 5.74) is 0.951. The number of nitrogens with one attached hydrogen (secondary N) is 1. The van der Waals surface area contributed by atoms with Crippen LogP contribution in [0.1, 0.15) is 33.6 Å². The van der Waals surface area contributed by atoms with E-state index in [1.807, 2.05) is 19.1 Å². The van der Waals surface area contributed by atoms with Crippen LogP contribution in [0.5, 0.6) is 5.75 Å². The number of rotatable bonds is 6. The third kappa shape index (κ3) is 4.40. The molecule has 1 N–H and O–H groups in total. The lowest BCUT2D eigenvalue weighted by atomic mass is 10.2. The lowest BCUT2D eigenvalue weighted by Crippen LogP contribution is -2.15. The summed E-state index contributed by atoms with van der Waals surface area (Å²) >= 11 is 9.54. The highest BCUT2D eigenvalue weighted by atomic mass is 79.9. The van der Waals surface area contributed by atoms with Gasteiger partial charge < -0.3 is 10.1 Å². The van der Waals surface area contributed by atoms with Crippen LogP contribution >= 0.6 is 27.5 Å². The molecule has 0 aliphatic rings. The summed E-state index contributed by atoms with van der Waals surface area (Å²) in [6.45, 7) is 6.95. The van der Waals surface area contributed by atoms with Crippen molar-refractivity contribution in [1.29, 1.82) is 0 Å². The second-order valence-electron chi connectivity index (χ2n) is 4.03. The van der Waals surface area contributed by atoms with Gasteiger partial charge in [-0.2, -0.15) is 0 Å². The van der Waals surface area contributed by atoms with Gasteiger partial charge in [0.25, 0.3) is 0 Å². The first-order chi connectivity index (χ1) is 8.08. The monoisotopic (exact) mass is 319 g/mol. The lowest BCUT2D eigenvalue weighted by molar-refractivity contribution is 0.339. The first-order valence-electron chi connectivity index (χ1n) is 5.96. The van der Waals surface area contributed by atoms with E-state index < -0.39 is 0 Å². The number of anilines is 1. The average molecular weight is 321 g/mol. The molecule has 0 fully saturated rings. The van der Waals surface area contributed by atoms with Crippen LogP contribution in [-0.4, -0.2) is 12.6 Å². The molecule has 17 heavy (non-hydrogen) atoms. The SMILES string of the molecule is CCCC(C)Nc1cc(Cl)cc(Br)c1OCC. The Morgan fingerprint density at radius 1 is 1.41 bits per heavy atom. The molecule has 0 aliphatic heterocycles. The van der Waals surface area contributed by atoms with Crippen molar-refractivity contribution in [3.8, 4) is 5.75 Å². The summed E-state index contributed by atoms with van der Waals surface area (Å²) < 4.78 is 6.52. The van der Waals surface area contributed by atoms with Gasteiger partial charge in [0.05, 0.1) is 16.8 Å². The van der Waals surface area contributed by atoms with Gasteiger partial charge in [-0.3, -0.25) is 0 Å². The van der Waals surface area contributed by atoms with Crippen LogP contribution in [0.15, 0.2) is 16.6 Å². The van der Waals surface area contributed by atoms with E-state index in [0.717, 1.165) is 28.8 Å². The van der Waals surface area contributed by atoms with Crippen LogP contribution in [0.4, 0.5) is 5.69 Å². The number of hydrogen-bond donors (Lipinski definition) is 1. The first kappa shape index (κ1) is 14.7. The largest absolute Gasteiger partial charge is 0.491 e. The van der Waals surface area contributed by atoms with E-state index in [9.17, 15) is 0 Å². The Morgan fingerprint density at radius 2 is 2.12 bits per heavy atom. The van der Waals surface area contributed by atoms with Crippen molar-refractivity contribution in [3.63, 3.8) is 0 Å². The summed E-state index contributed by atoms with van der Waals surface area (Å²) in [6.07, 6.45) is 2.27. The van der Waals surface area contributed by atoms with E-state index in [-0.39, 0.29) is 0 Å². The van der Waals surface area contributed by atoms with Crippen molar-refractivity contribution < 1.29 is 4.74 Å². The van der Waals surface area contributed by atoms with Gasteiger partial charge in [0.1, 0.15) is 0 Å². The van der Waals surface area contributed by atoms with Crippen LogP contribution < -0.4 is 10.1 Å². The molecule has 96 valence electrons. The standard InChI is InChI=1S/C13H19BrClNO/c1-4-6-9(3)16-12-8-10(15)7-11(14)13(12)17-5-2/h7-9,16H,4-6H2,1-3H3. The fraction of sp³-hybridized carbons (Fsp3) is 0.538. The molecule has 0 spiro atoms. The average Bonchev–Trinajstić information content (AvgIpc) is 2.23. The highest BCUT2D eigenvalue weighted by Gasteiger charge is 2.11. The summed E-state index contributed by atoms with van der Waals surface area (Å²) in [5.74, 6) is 0.833. The Bertz CT molecular complexity index is 371. The quantitative estimate of drug-likeness (QED) is 0.787. The predicted octanol–water partition coefficient (Wildman–Crippen LogP) is 5.10. The molecule has 0 amide bonds. The second kappa shape index (κ2) is 7.12. The highest BCUT2D eigenvalue weighted by Crippen LogP contribution is 2.37. The van der Waals surface area contributed by atoms with Crippen molar-refractivity contribution in [1.82, 2.24) is 0 Å². The van der Waals surface area contributed by atoms with E-state index in [0.29, 0.717) is 17.7 Å². The summed E-state index contributed by atoms with van der Waals surface area (Å²) in [5, 5.41) is 4.14. The maximum atomic E-state index is 6.06. The van der Waals surface area contributed by atoms with E-state index in [2.05, 4.69) is 35.1 Å². The van der Waals surface area contributed by atoms with E-state index in [4.69, 9.17) is 16.3 Å².